The molecule has 1 aliphatic heterocycles. The Labute approximate surface area is 117 Å². The van der Waals surface area contributed by atoms with Gasteiger partial charge in [-0.05, 0) is 31.0 Å². The van der Waals surface area contributed by atoms with Crippen molar-refractivity contribution in [3.05, 3.63) is 54.4 Å². The van der Waals surface area contributed by atoms with Gasteiger partial charge in [0.15, 0.2) is 5.58 Å². The minimum absolute atomic E-state index is 0.351. The van der Waals surface area contributed by atoms with Gasteiger partial charge in [0.2, 0.25) is 0 Å². The first kappa shape index (κ1) is 11.7. The highest BCUT2D eigenvalue weighted by molar-refractivity contribution is 5.79. The van der Waals surface area contributed by atoms with Crippen molar-refractivity contribution in [1.29, 1.82) is 0 Å². The van der Waals surface area contributed by atoms with E-state index in [0.29, 0.717) is 6.04 Å². The van der Waals surface area contributed by atoms with Gasteiger partial charge in [-0.25, -0.2) is 0 Å². The molecule has 3 heteroatoms. The van der Waals surface area contributed by atoms with Crippen molar-refractivity contribution < 1.29 is 4.42 Å². The first-order valence-corrected chi connectivity index (χ1v) is 7.08. The monoisotopic (exact) mass is 264 g/mol. The first-order valence-electron chi connectivity index (χ1n) is 7.08. The van der Waals surface area contributed by atoms with Gasteiger partial charge in [-0.2, -0.15) is 0 Å². The lowest BCUT2D eigenvalue weighted by atomic mass is 10.1. The molecule has 1 N–H and O–H groups in total. The Kier molecular flexibility index (Phi) is 2.78. The van der Waals surface area contributed by atoms with E-state index in [1.165, 1.54) is 12.0 Å². The lowest BCUT2D eigenvalue weighted by molar-refractivity contribution is 0.471. The first-order chi connectivity index (χ1) is 9.90. The SMILES string of the molecule is c1ccc(-c2cnc3cc(C4CCCN4)oc3c2)cc1. The molecule has 3 aromatic rings. The Morgan fingerprint density at radius 3 is 2.80 bits per heavy atom. The molecule has 2 aromatic heterocycles. The molecule has 3 nitrogen and oxygen atoms in total. The van der Waals surface area contributed by atoms with Gasteiger partial charge in [0.1, 0.15) is 11.3 Å². The summed E-state index contributed by atoms with van der Waals surface area (Å²) < 4.78 is 5.99. The predicted octanol–water partition coefficient (Wildman–Crippen LogP) is 3.92. The van der Waals surface area contributed by atoms with E-state index >= 15 is 0 Å². The lowest BCUT2D eigenvalue weighted by Crippen LogP contribution is -2.11. The average molecular weight is 264 g/mol. The number of furan rings is 1. The van der Waals surface area contributed by atoms with Crippen LogP contribution in [0.25, 0.3) is 22.2 Å². The minimum atomic E-state index is 0.351. The molecule has 100 valence electrons. The molecule has 0 aliphatic carbocycles. The molecule has 0 spiro atoms. The summed E-state index contributed by atoms with van der Waals surface area (Å²) in [6, 6.07) is 14.8. The summed E-state index contributed by atoms with van der Waals surface area (Å²) in [5.41, 5.74) is 4.07. The van der Waals surface area contributed by atoms with Crippen LogP contribution in [0.5, 0.6) is 0 Å². The summed E-state index contributed by atoms with van der Waals surface area (Å²) in [6.07, 6.45) is 4.27. The van der Waals surface area contributed by atoms with Crippen molar-refractivity contribution in [3.63, 3.8) is 0 Å². The van der Waals surface area contributed by atoms with E-state index in [4.69, 9.17) is 4.42 Å². The zero-order valence-corrected chi connectivity index (χ0v) is 11.2. The van der Waals surface area contributed by atoms with Crippen molar-refractivity contribution in [2.24, 2.45) is 0 Å². The van der Waals surface area contributed by atoms with Crippen LogP contribution in [-0.2, 0) is 0 Å². The van der Waals surface area contributed by atoms with Crippen LogP contribution in [0.1, 0.15) is 24.6 Å². The molecule has 4 rings (SSSR count). The standard InChI is InChI=1S/C17H16N2O/c1-2-5-12(6-3-1)13-9-16-15(19-11-13)10-17(20-16)14-7-4-8-18-14/h1-3,5-6,9-11,14,18H,4,7-8H2. The molecule has 0 amide bonds. The Hall–Kier alpha value is -2.13. The Morgan fingerprint density at radius 1 is 1.10 bits per heavy atom. The summed E-state index contributed by atoms with van der Waals surface area (Å²) in [4.78, 5) is 4.53. The second kappa shape index (κ2) is 4.76. The molecule has 1 unspecified atom stereocenters. The van der Waals surface area contributed by atoms with Gasteiger partial charge in [-0.15, -0.1) is 0 Å². The van der Waals surface area contributed by atoms with E-state index in [0.717, 1.165) is 35.4 Å². The maximum absolute atomic E-state index is 5.99. The highest BCUT2D eigenvalue weighted by Crippen LogP contribution is 2.30. The molecule has 1 saturated heterocycles. The number of pyridine rings is 1. The zero-order chi connectivity index (χ0) is 13.4. The second-order valence-corrected chi connectivity index (χ2v) is 5.27. The van der Waals surface area contributed by atoms with E-state index in [9.17, 15) is 0 Å². The fourth-order valence-corrected chi connectivity index (χ4v) is 2.82. The number of aromatic nitrogens is 1. The molecule has 1 aromatic carbocycles. The number of nitrogens with zero attached hydrogens (tertiary/aromatic N) is 1. The van der Waals surface area contributed by atoms with Crippen molar-refractivity contribution in [2.45, 2.75) is 18.9 Å². The van der Waals surface area contributed by atoms with Crippen LogP contribution < -0.4 is 5.32 Å². The predicted molar refractivity (Wildman–Crippen MR) is 79.4 cm³/mol. The maximum atomic E-state index is 5.99. The van der Waals surface area contributed by atoms with Crippen molar-refractivity contribution in [1.82, 2.24) is 10.3 Å². The smallest absolute Gasteiger partial charge is 0.153 e. The largest absolute Gasteiger partial charge is 0.458 e. The van der Waals surface area contributed by atoms with Crippen LogP contribution in [0, 0.1) is 0 Å². The second-order valence-electron chi connectivity index (χ2n) is 5.27. The summed E-state index contributed by atoms with van der Waals surface area (Å²) in [5, 5.41) is 3.46. The van der Waals surface area contributed by atoms with Crippen LogP contribution in [-0.4, -0.2) is 11.5 Å². The van der Waals surface area contributed by atoms with E-state index in [2.05, 4.69) is 34.6 Å². The summed E-state index contributed by atoms with van der Waals surface area (Å²) >= 11 is 0. The Morgan fingerprint density at radius 2 is 2.00 bits per heavy atom. The van der Waals surface area contributed by atoms with Crippen LogP contribution in [0.15, 0.2) is 53.1 Å². The lowest BCUT2D eigenvalue weighted by Gasteiger charge is -2.04. The summed E-state index contributed by atoms with van der Waals surface area (Å²) in [5.74, 6) is 1.01. The third kappa shape index (κ3) is 2.00. The van der Waals surface area contributed by atoms with Gasteiger partial charge < -0.3 is 9.73 Å². The highest BCUT2D eigenvalue weighted by Gasteiger charge is 2.20. The molecule has 0 bridgehead atoms. The van der Waals surface area contributed by atoms with Crippen LogP contribution in [0.3, 0.4) is 0 Å². The van der Waals surface area contributed by atoms with Gasteiger partial charge in [0, 0.05) is 17.8 Å². The van der Waals surface area contributed by atoms with Crippen LogP contribution >= 0.6 is 0 Å². The van der Waals surface area contributed by atoms with Gasteiger partial charge >= 0.3 is 0 Å². The Balaban J connectivity index is 1.76. The number of fused-ring (bicyclic) bond motifs is 1. The number of hydrogen-bond donors (Lipinski definition) is 1. The number of hydrogen-bond acceptors (Lipinski definition) is 3. The van der Waals surface area contributed by atoms with Gasteiger partial charge in [-0.3, -0.25) is 4.98 Å². The minimum Gasteiger partial charge on any atom is -0.458 e. The fourth-order valence-electron chi connectivity index (χ4n) is 2.82. The molecule has 0 saturated carbocycles. The molecule has 0 radical (unpaired) electrons. The van der Waals surface area contributed by atoms with Gasteiger partial charge in [-0.1, -0.05) is 30.3 Å². The van der Waals surface area contributed by atoms with Crippen molar-refractivity contribution in [3.8, 4) is 11.1 Å². The average Bonchev–Trinajstić information content (AvgIpc) is 3.16. The number of benzene rings is 1. The van der Waals surface area contributed by atoms with Gasteiger partial charge in [0.05, 0.1) is 6.04 Å². The topological polar surface area (TPSA) is 38.1 Å². The molecular weight excluding hydrogens is 248 g/mol. The third-order valence-corrected chi connectivity index (χ3v) is 3.90. The molecule has 1 aliphatic rings. The molecule has 1 fully saturated rings. The maximum Gasteiger partial charge on any atom is 0.153 e. The van der Waals surface area contributed by atoms with Crippen LogP contribution in [0.4, 0.5) is 0 Å². The normalized spacial score (nSPS) is 18.7. The fraction of sp³-hybridized carbons (Fsp3) is 0.235. The molecule has 1 atom stereocenters. The molecular formula is C17H16N2O. The summed E-state index contributed by atoms with van der Waals surface area (Å²) in [7, 11) is 0. The molecule has 20 heavy (non-hydrogen) atoms. The van der Waals surface area contributed by atoms with E-state index in [1.54, 1.807) is 0 Å². The number of rotatable bonds is 2. The van der Waals surface area contributed by atoms with Gasteiger partial charge in [0.25, 0.3) is 0 Å². The summed E-state index contributed by atoms with van der Waals surface area (Å²) in [6.45, 7) is 1.07. The number of nitrogens with one attached hydrogen (secondary N) is 1. The van der Waals surface area contributed by atoms with E-state index < -0.39 is 0 Å². The Bertz CT molecular complexity index is 727. The quantitative estimate of drug-likeness (QED) is 0.762. The van der Waals surface area contributed by atoms with E-state index in [1.807, 2.05) is 24.4 Å². The third-order valence-electron chi connectivity index (χ3n) is 3.90. The van der Waals surface area contributed by atoms with E-state index in [-0.39, 0.29) is 0 Å². The zero-order valence-electron chi connectivity index (χ0n) is 11.2. The van der Waals surface area contributed by atoms with Crippen molar-refractivity contribution >= 4 is 11.1 Å². The van der Waals surface area contributed by atoms with Crippen molar-refractivity contribution in [2.75, 3.05) is 6.54 Å². The molecule has 3 heterocycles. The highest BCUT2D eigenvalue weighted by atomic mass is 16.3. The van der Waals surface area contributed by atoms with Crippen LogP contribution in [0.2, 0.25) is 0 Å².